The van der Waals surface area contributed by atoms with Crippen molar-refractivity contribution in [3.8, 4) is 0 Å². The summed E-state index contributed by atoms with van der Waals surface area (Å²) < 4.78 is 0. The molecule has 0 radical (unpaired) electrons. The number of aromatic nitrogens is 2. The highest BCUT2D eigenvalue weighted by molar-refractivity contribution is 5.91. The van der Waals surface area contributed by atoms with Crippen LogP contribution >= 0.6 is 0 Å². The van der Waals surface area contributed by atoms with E-state index in [1.54, 1.807) is 6.33 Å². The van der Waals surface area contributed by atoms with Gasteiger partial charge >= 0.3 is 0 Å². The van der Waals surface area contributed by atoms with E-state index < -0.39 is 0 Å². The quantitative estimate of drug-likeness (QED) is 0.815. The molecule has 2 aromatic rings. The Kier molecular flexibility index (Phi) is 3.44. The van der Waals surface area contributed by atoms with Gasteiger partial charge in [-0.2, -0.15) is 0 Å². The zero-order valence-electron chi connectivity index (χ0n) is 11.7. The molecule has 5 heteroatoms. The first-order valence-corrected chi connectivity index (χ1v) is 7.08. The Morgan fingerprint density at radius 3 is 2.75 bits per heavy atom. The maximum Gasteiger partial charge on any atom is 0.139 e. The number of hydrogen-bond acceptors (Lipinski definition) is 5. The Morgan fingerprint density at radius 2 is 2.05 bits per heavy atom. The largest absolute Gasteiger partial charge is 0.399 e. The molecular weight excluding hydrogens is 252 g/mol. The smallest absolute Gasteiger partial charge is 0.139 e. The van der Waals surface area contributed by atoms with E-state index >= 15 is 0 Å². The lowest BCUT2D eigenvalue weighted by molar-refractivity contribution is 0.110. The average Bonchev–Trinajstić information content (AvgIpc) is 2.46. The van der Waals surface area contributed by atoms with E-state index in [1.165, 1.54) is 0 Å². The van der Waals surface area contributed by atoms with Gasteiger partial charge in [0.2, 0.25) is 0 Å². The average molecular weight is 272 g/mol. The van der Waals surface area contributed by atoms with E-state index in [0.717, 1.165) is 48.3 Å². The number of piperidine rings is 1. The van der Waals surface area contributed by atoms with Gasteiger partial charge < -0.3 is 15.7 Å². The predicted molar refractivity (Wildman–Crippen MR) is 80.6 cm³/mol. The van der Waals surface area contributed by atoms with E-state index in [4.69, 9.17) is 5.73 Å². The molecule has 3 rings (SSSR count). The predicted octanol–water partition coefficient (Wildman–Crippen LogP) is 1.81. The number of aliphatic hydroxyl groups excluding tert-OH is 1. The molecule has 1 aliphatic rings. The lowest BCUT2D eigenvalue weighted by Gasteiger charge is -2.34. The first kappa shape index (κ1) is 13.1. The van der Waals surface area contributed by atoms with Crippen LogP contribution in [0.2, 0.25) is 0 Å². The summed E-state index contributed by atoms with van der Waals surface area (Å²) in [5.41, 5.74) is 7.52. The van der Waals surface area contributed by atoms with Crippen LogP contribution in [0.25, 0.3) is 10.9 Å². The summed E-state index contributed by atoms with van der Waals surface area (Å²) in [4.78, 5) is 11.0. The van der Waals surface area contributed by atoms with Crippen LogP contribution in [-0.4, -0.2) is 34.3 Å². The number of fused-ring (bicyclic) bond motifs is 1. The van der Waals surface area contributed by atoms with Gasteiger partial charge in [0.1, 0.15) is 12.1 Å². The van der Waals surface area contributed by atoms with Gasteiger partial charge in [-0.05, 0) is 43.9 Å². The molecule has 1 aliphatic heterocycles. The molecule has 0 amide bonds. The summed E-state index contributed by atoms with van der Waals surface area (Å²) in [5, 5.41) is 10.7. The van der Waals surface area contributed by atoms with Gasteiger partial charge in [0.25, 0.3) is 0 Å². The first-order chi connectivity index (χ1) is 9.65. The van der Waals surface area contributed by atoms with Crippen molar-refractivity contribution in [1.29, 1.82) is 0 Å². The number of rotatable bonds is 2. The van der Waals surface area contributed by atoms with Gasteiger partial charge in [0, 0.05) is 24.2 Å². The zero-order chi connectivity index (χ0) is 14.1. The summed E-state index contributed by atoms with van der Waals surface area (Å²) >= 11 is 0. The number of nitrogens with zero attached hydrogens (tertiary/aromatic N) is 3. The lowest BCUT2D eigenvalue weighted by Crippen LogP contribution is -2.37. The highest BCUT2D eigenvalue weighted by atomic mass is 16.3. The molecule has 1 aromatic heterocycles. The molecular formula is C15H20N4O. The van der Waals surface area contributed by atoms with Gasteiger partial charge in [-0.1, -0.05) is 0 Å². The maximum absolute atomic E-state index is 9.68. The Bertz CT molecular complexity index is 606. The van der Waals surface area contributed by atoms with Crippen molar-refractivity contribution in [2.24, 2.45) is 5.92 Å². The number of hydrogen-bond donors (Lipinski definition) is 2. The summed E-state index contributed by atoms with van der Waals surface area (Å²) in [6.45, 7) is 3.70. The molecule has 5 nitrogen and oxygen atoms in total. The van der Waals surface area contributed by atoms with E-state index in [2.05, 4.69) is 14.9 Å². The molecule has 2 heterocycles. The number of anilines is 2. The van der Waals surface area contributed by atoms with E-state index in [0.29, 0.717) is 5.92 Å². The molecule has 1 unspecified atom stereocenters. The third kappa shape index (κ3) is 2.41. The Labute approximate surface area is 118 Å². The van der Waals surface area contributed by atoms with Crippen LogP contribution in [0.3, 0.4) is 0 Å². The van der Waals surface area contributed by atoms with Crippen molar-refractivity contribution in [2.75, 3.05) is 23.7 Å². The highest BCUT2D eigenvalue weighted by Gasteiger charge is 2.24. The number of aliphatic hydroxyl groups is 1. The second kappa shape index (κ2) is 5.25. The minimum atomic E-state index is -0.227. The van der Waals surface area contributed by atoms with Gasteiger partial charge in [-0.3, -0.25) is 0 Å². The normalized spacial score (nSPS) is 18.4. The van der Waals surface area contributed by atoms with Crippen LogP contribution < -0.4 is 10.6 Å². The number of benzene rings is 1. The van der Waals surface area contributed by atoms with Crippen molar-refractivity contribution in [3.63, 3.8) is 0 Å². The van der Waals surface area contributed by atoms with E-state index in [1.807, 2.05) is 25.1 Å². The molecule has 20 heavy (non-hydrogen) atoms. The Morgan fingerprint density at radius 1 is 1.30 bits per heavy atom. The van der Waals surface area contributed by atoms with Crippen molar-refractivity contribution in [1.82, 2.24) is 9.97 Å². The molecule has 0 aliphatic carbocycles. The fourth-order valence-corrected chi connectivity index (χ4v) is 2.91. The van der Waals surface area contributed by atoms with Crippen LogP contribution in [-0.2, 0) is 0 Å². The van der Waals surface area contributed by atoms with Crippen LogP contribution in [0.15, 0.2) is 24.5 Å². The Balaban J connectivity index is 1.90. The third-order valence-electron chi connectivity index (χ3n) is 4.16. The first-order valence-electron chi connectivity index (χ1n) is 7.08. The second-order valence-corrected chi connectivity index (χ2v) is 5.54. The van der Waals surface area contributed by atoms with Gasteiger partial charge in [-0.15, -0.1) is 0 Å². The van der Waals surface area contributed by atoms with E-state index in [-0.39, 0.29) is 6.10 Å². The number of nitrogens with two attached hydrogens (primary N) is 1. The number of nitrogen functional groups attached to an aromatic ring is 1. The minimum Gasteiger partial charge on any atom is -0.399 e. The lowest BCUT2D eigenvalue weighted by atomic mass is 9.92. The second-order valence-electron chi connectivity index (χ2n) is 5.54. The highest BCUT2D eigenvalue weighted by Crippen LogP contribution is 2.29. The van der Waals surface area contributed by atoms with Crippen LogP contribution in [0, 0.1) is 5.92 Å². The van der Waals surface area contributed by atoms with Crippen molar-refractivity contribution in [3.05, 3.63) is 24.5 Å². The molecule has 0 bridgehead atoms. The molecule has 0 spiro atoms. The summed E-state index contributed by atoms with van der Waals surface area (Å²) in [7, 11) is 0. The van der Waals surface area contributed by atoms with Crippen LogP contribution in [0.4, 0.5) is 11.5 Å². The molecule has 106 valence electrons. The van der Waals surface area contributed by atoms with Crippen molar-refractivity contribution in [2.45, 2.75) is 25.9 Å². The van der Waals surface area contributed by atoms with Crippen molar-refractivity contribution >= 4 is 22.4 Å². The molecule has 1 aromatic carbocycles. The molecule has 1 saturated heterocycles. The maximum atomic E-state index is 9.68. The van der Waals surface area contributed by atoms with Crippen LogP contribution in [0.5, 0.6) is 0 Å². The third-order valence-corrected chi connectivity index (χ3v) is 4.16. The molecule has 3 N–H and O–H groups in total. The van der Waals surface area contributed by atoms with Gasteiger partial charge in [-0.25, -0.2) is 9.97 Å². The topological polar surface area (TPSA) is 75.3 Å². The fraction of sp³-hybridized carbons (Fsp3) is 0.467. The zero-order valence-corrected chi connectivity index (χ0v) is 11.7. The summed E-state index contributed by atoms with van der Waals surface area (Å²) in [6.07, 6.45) is 3.36. The Hall–Kier alpha value is -1.88. The van der Waals surface area contributed by atoms with Crippen LogP contribution in [0.1, 0.15) is 19.8 Å². The summed E-state index contributed by atoms with van der Waals surface area (Å²) in [6, 6.07) is 5.72. The monoisotopic (exact) mass is 272 g/mol. The van der Waals surface area contributed by atoms with Crippen molar-refractivity contribution < 1.29 is 5.11 Å². The summed E-state index contributed by atoms with van der Waals surface area (Å²) in [5.74, 6) is 1.34. The minimum absolute atomic E-state index is 0.227. The van der Waals surface area contributed by atoms with Gasteiger partial charge in [0.05, 0.1) is 11.6 Å². The standard InChI is InChI=1S/C15H20N4O/c1-10(20)11-4-6-19(7-5-11)15-13-8-12(16)2-3-14(13)17-9-18-15/h2-3,8-11,20H,4-7,16H2,1H3. The van der Waals surface area contributed by atoms with E-state index in [9.17, 15) is 5.11 Å². The SMILES string of the molecule is CC(O)C1CCN(c2ncnc3ccc(N)cc23)CC1. The molecule has 1 fully saturated rings. The fourth-order valence-electron chi connectivity index (χ4n) is 2.91. The molecule has 1 atom stereocenters. The molecule has 0 saturated carbocycles. The van der Waals surface area contributed by atoms with Gasteiger partial charge in [0.15, 0.2) is 0 Å².